The van der Waals surface area contributed by atoms with Crippen LogP contribution in [0.15, 0.2) is 0 Å². The first-order valence-electron chi connectivity index (χ1n) is 11.9. The average Bonchev–Trinajstić information content (AvgIpc) is 2.76. The fourth-order valence-electron chi connectivity index (χ4n) is 5.33. The van der Waals surface area contributed by atoms with Gasteiger partial charge in [0.15, 0.2) is 0 Å². The molecule has 0 atom stereocenters. The van der Waals surface area contributed by atoms with E-state index in [9.17, 15) is 4.79 Å². The molecule has 0 aromatic carbocycles. The van der Waals surface area contributed by atoms with Crippen molar-refractivity contribution in [3.05, 3.63) is 0 Å². The zero-order chi connectivity index (χ0) is 19.8. The van der Waals surface area contributed by atoms with Gasteiger partial charge in [-0.1, -0.05) is 19.3 Å². The summed E-state index contributed by atoms with van der Waals surface area (Å²) in [5.41, 5.74) is 0. The van der Waals surface area contributed by atoms with Gasteiger partial charge in [-0.25, -0.2) is 0 Å². The van der Waals surface area contributed by atoms with E-state index in [1.165, 1.54) is 44.9 Å². The van der Waals surface area contributed by atoms with Crippen LogP contribution in [0.2, 0.25) is 0 Å². The minimum absolute atomic E-state index is 0.167. The quantitative estimate of drug-likeness (QED) is 0.627. The van der Waals surface area contributed by atoms with Crippen molar-refractivity contribution in [2.45, 2.75) is 95.7 Å². The van der Waals surface area contributed by atoms with Crippen LogP contribution in [0.1, 0.15) is 77.6 Å². The summed E-state index contributed by atoms with van der Waals surface area (Å²) in [5.74, 6) is 0.933. The molecule has 0 radical (unpaired) electrons. The van der Waals surface area contributed by atoms with Crippen molar-refractivity contribution in [3.8, 4) is 0 Å². The van der Waals surface area contributed by atoms with Crippen LogP contribution in [-0.2, 0) is 14.3 Å². The largest absolute Gasteiger partial charge is 0.381 e. The van der Waals surface area contributed by atoms with Crippen molar-refractivity contribution in [3.63, 3.8) is 0 Å². The maximum atomic E-state index is 12.6. The van der Waals surface area contributed by atoms with Crippen molar-refractivity contribution < 1.29 is 14.3 Å². The number of ether oxygens (including phenoxy) is 2. The molecule has 5 heteroatoms. The van der Waals surface area contributed by atoms with E-state index in [-0.39, 0.29) is 12.5 Å². The molecule has 3 rings (SSSR count). The van der Waals surface area contributed by atoms with E-state index in [0.29, 0.717) is 12.1 Å². The number of rotatable bonds is 8. The molecule has 5 nitrogen and oxygen atoms in total. The van der Waals surface area contributed by atoms with Crippen molar-refractivity contribution in [2.24, 2.45) is 5.92 Å². The highest BCUT2D eigenvalue weighted by Gasteiger charge is 2.31. The molecule has 0 bridgehead atoms. The van der Waals surface area contributed by atoms with E-state index in [4.69, 9.17) is 9.47 Å². The first-order valence-corrected chi connectivity index (χ1v) is 11.9. The number of carbonyl (C=O) groups is 1. The summed E-state index contributed by atoms with van der Waals surface area (Å²) in [4.78, 5) is 17.2. The summed E-state index contributed by atoms with van der Waals surface area (Å²) >= 11 is 0. The van der Waals surface area contributed by atoms with Gasteiger partial charge in [0.1, 0.15) is 6.61 Å². The first kappa shape index (κ1) is 22.0. The van der Waals surface area contributed by atoms with Crippen LogP contribution in [0.5, 0.6) is 0 Å². The number of amides is 1. The molecule has 2 aliphatic carbocycles. The van der Waals surface area contributed by atoms with Crippen LogP contribution in [0.3, 0.4) is 0 Å². The molecular weight excluding hydrogens is 352 g/mol. The highest BCUT2D eigenvalue weighted by atomic mass is 16.5. The Morgan fingerprint density at radius 1 is 0.964 bits per heavy atom. The van der Waals surface area contributed by atoms with Gasteiger partial charge in [0.25, 0.3) is 0 Å². The van der Waals surface area contributed by atoms with Crippen LogP contribution in [0.25, 0.3) is 0 Å². The Morgan fingerprint density at radius 3 is 2.29 bits per heavy atom. The molecule has 1 aliphatic heterocycles. The Morgan fingerprint density at radius 2 is 1.64 bits per heavy atom. The molecule has 28 heavy (non-hydrogen) atoms. The van der Waals surface area contributed by atoms with Gasteiger partial charge in [0.05, 0.1) is 6.10 Å². The SMILES string of the molecule is CCOCC1CCC(N2CCC(N(C)C(=O)COC3CCCCC3)CC2)CC1. The fourth-order valence-corrected chi connectivity index (χ4v) is 5.33. The van der Waals surface area contributed by atoms with E-state index in [2.05, 4.69) is 11.8 Å². The highest BCUT2D eigenvalue weighted by molar-refractivity contribution is 5.77. The zero-order valence-electron chi connectivity index (χ0n) is 18.2. The third kappa shape index (κ3) is 6.43. The third-order valence-corrected chi connectivity index (χ3v) is 7.33. The topological polar surface area (TPSA) is 42.0 Å². The van der Waals surface area contributed by atoms with Crippen LogP contribution < -0.4 is 0 Å². The van der Waals surface area contributed by atoms with E-state index >= 15 is 0 Å². The summed E-state index contributed by atoms with van der Waals surface area (Å²) in [7, 11) is 1.98. The monoisotopic (exact) mass is 394 g/mol. The van der Waals surface area contributed by atoms with Crippen molar-refractivity contribution in [1.82, 2.24) is 9.80 Å². The number of likely N-dealkylation sites (tertiary alicyclic amines) is 1. The Kier molecular flexibility index (Phi) is 9.06. The zero-order valence-corrected chi connectivity index (χ0v) is 18.2. The van der Waals surface area contributed by atoms with E-state index in [1.807, 2.05) is 11.9 Å². The summed E-state index contributed by atoms with van der Waals surface area (Å²) in [6, 6.07) is 1.13. The number of piperidine rings is 1. The molecule has 3 aliphatic rings. The van der Waals surface area contributed by atoms with Crippen molar-refractivity contribution in [2.75, 3.05) is 40.0 Å². The molecule has 3 fully saturated rings. The van der Waals surface area contributed by atoms with E-state index < -0.39 is 0 Å². The average molecular weight is 395 g/mol. The predicted octanol–water partition coefficient (Wildman–Crippen LogP) is 3.85. The Labute approximate surface area is 172 Å². The molecule has 162 valence electrons. The fraction of sp³-hybridized carbons (Fsp3) is 0.957. The lowest BCUT2D eigenvalue weighted by molar-refractivity contribution is -0.140. The molecule has 0 aromatic heterocycles. The summed E-state index contributed by atoms with van der Waals surface area (Å²) in [5, 5.41) is 0. The van der Waals surface area contributed by atoms with Gasteiger partial charge in [0, 0.05) is 45.4 Å². The van der Waals surface area contributed by atoms with Crippen molar-refractivity contribution >= 4 is 5.91 Å². The number of hydrogen-bond acceptors (Lipinski definition) is 4. The summed E-state index contributed by atoms with van der Waals surface area (Å²) < 4.78 is 11.5. The normalized spacial score (nSPS) is 28.4. The number of likely N-dealkylation sites (N-methyl/N-ethyl adjacent to an activating group) is 1. The second kappa shape index (κ2) is 11.5. The van der Waals surface area contributed by atoms with Gasteiger partial charge >= 0.3 is 0 Å². The first-order chi connectivity index (χ1) is 13.7. The Balaban J connectivity index is 1.33. The predicted molar refractivity (Wildman–Crippen MR) is 112 cm³/mol. The minimum Gasteiger partial charge on any atom is -0.381 e. The third-order valence-electron chi connectivity index (χ3n) is 7.33. The Bertz CT molecular complexity index is 451. The van der Waals surface area contributed by atoms with Crippen LogP contribution in [-0.4, -0.2) is 73.9 Å². The maximum absolute atomic E-state index is 12.6. The van der Waals surface area contributed by atoms with E-state index in [1.54, 1.807) is 0 Å². The van der Waals surface area contributed by atoms with Crippen LogP contribution in [0.4, 0.5) is 0 Å². The van der Waals surface area contributed by atoms with Gasteiger partial charge in [0.2, 0.25) is 5.91 Å². The van der Waals surface area contributed by atoms with Gasteiger partial charge in [-0.15, -0.1) is 0 Å². The minimum atomic E-state index is 0.167. The lowest BCUT2D eigenvalue weighted by Crippen LogP contribution is -2.50. The second-order valence-corrected chi connectivity index (χ2v) is 9.18. The van der Waals surface area contributed by atoms with Gasteiger partial charge in [-0.2, -0.15) is 0 Å². The lowest BCUT2D eigenvalue weighted by Gasteiger charge is -2.42. The maximum Gasteiger partial charge on any atom is 0.248 e. The van der Waals surface area contributed by atoms with Gasteiger partial charge in [-0.05, 0) is 64.2 Å². The second-order valence-electron chi connectivity index (χ2n) is 9.18. The van der Waals surface area contributed by atoms with Crippen molar-refractivity contribution in [1.29, 1.82) is 0 Å². The van der Waals surface area contributed by atoms with Gasteiger partial charge < -0.3 is 19.3 Å². The lowest BCUT2D eigenvalue weighted by atomic mass is 9.85. The molecular formula is C23H42N2O3. The number of carbonyl (C=O) groups excluding carboxylic acids is 1. The summed E-state index contributed by atoms with van der Waals surface area (Å²) in [6.45, 7) is 6.40. The standard InChI is InChI=1S/C23H42N2O3/c1-3-27-17-19-9-11-21(12-10-19)25-15-13-20(14-16-25)24(2)23(26)18-28-22-7-5-4-6-8-22/h19-22H,3-18H2,1-2H3. The number of hydrogen-bond donors (Lipinski definition) is 0. The summed E-state index contributed by atoms with van der Waals surface area (Å²) in [6.07, 6.45) is 13.8. The van der Waals surface area contributed by atoms with E-state index in [0.717, 1.165) is 63.9 Å². The molecule has 0 N–H and O–H groups in total. The smallest absolute Gasteiger partial charge is 0.248 e. The van der Waals surface area contributed by atoms with Gasteiger partial charge in [-0.3, -0.25) is 4.79 Å². The van der Waals surface area contributed by atoms with Crippen LogP contribution >= 0.6 is 0 Å². The molecule has 0 spiro atoms. The molecule has 1 heterocycles. The Hall–Kier alpha value is -0.650. The molecule has 1 amide bonds. The molecule has 0 aromatic rings. The molecule has 2 saturated carbocycles. The number of nitrogens with zero attached hydrogens (tertiary/aromatic N) is 2. The van der Waals surface area contributed by atoms with Crippen LogP contribution in [0, 0.1) is 5.92 Å². The molecule has 1 saturated heterocycles. The molecule has 0 unspecified atom stereocenters. The highest BCUT2D eigenvalue weighted by Crippen LogP contribution is 2.30.